The number of anilines is 3. The van der Waals surface area contributed by atoms with Crippen molar-refractivity contribution in [3.8, 4) is 11.5 Å². The van der Waals surface area contributed by atoms with Crippen molar-refractivity contribution in [1.82, 2.24) is 0 Å². The predicted octanol–water partition coefficient (Wildman–Crippen LogP) is 4.49. The van der Waals surface area contributed by atoms with Gasteiger partial charge in [0.15, 0.2) is 0 Å². The van der Waals surface area contributed by atoms with Crippen LogP contribution in [0.5, 0.6) is 11.5 Å². The van der Waals surface area contributed by atoms with E-state index in [1.54, 1.807) is 67.8 Å². The fourth-order valence-electron chi connectivity index (χ4n) is 3.94. The van der Waals surface area contributed by atoms with Gasteiger partial charge in [0, 0.05) is 6.08 Å². The lowest BCUT2D eigenvalue weighted by Gasteiger charge is -2.35. The first-order chi connectivity index (χ1) is 17.5. The van der Waals surface area contributed by atoms with Crippen molar-refractivity contribution < 1.29 is 23.9 Å². The Morgan fingerprint density at radius 3 is 2.50 bits per heavy atom. The number of ether oxygens (including phenoxy) is 2. The molecule has 0 aliphatic carbocycles. The first-order valence-corrected chi connectivity index (χ1v) is 11.6. The summed E-state index contributed by atoms with van der Waals surface area (Å²) < 4.78 is 10.7. The van der Waals surface area contributed by atoms with Gasteiger partial charge in [-0.1, -0.05) is 36.4 Å². The molecule has 36 heavy (non-hydrogen) atoms. The molecule has 8 nitrogen and oxygen atoms in total. The van der Waals surface area contributed by atoms with Crippen LogP contribution in [0.3, 0.4) is 0 Å². The van der Waals surface area contributed by atoms with E-state index in [1.165, 1.54) is 11.0 Å². The molecule has 0 bridgehead atoms. The van der Waals surface area contributed by atoms with Gasteiger partial charge < -0.3 is 20.1 Å². The van der Waals surface area contributed by atoms with E-state index in [4.69, 9.17) is 9.47 Å². The molecule has 1 atom stereocenters. The molecule has 0 aromatic heterocycles. The van der Waals surface area contributed by atoms with Crippen molar-refractivity contribution in [2.45, 2.75) is 19.4 Å². The molecule has 8 heteroatoms. The maximum absolute atomic E-state index is 13.4. The number of carbonyl (C=O) groups excluding carboxylic acids is 3. The Morgan fingerprint density at radius 2 is 1.75 bits per heavy atom. The number of amides is 3. The summed E-state index contributed by atoms with van der Waals surface area (Å²) >= 11 is 0. The standard InChI is InChI=1S/C28H27N3O5/c1-3-36-25-11-7-5-9-22(25)29-26(32)18-24-28(34)30-21-8-4-6-10-23(21)31(24)27(33)17-14-19-12-15-20(35-2)16-13-19/h4-17,24H,3,18H2,1-2H3,(H,29,32)(H,30,34). The second kappa shape index (κ2) is 11.2. The molecule has 0 radical (unpaired) electrons. The molecule has 2 N–H and O–H groups in total. The average molecular weight is 486 g/mol. The molecule has 3 aromatic rings. The van der Waals surface area contributed by atoms with Crippen LogP contribution in [0.1, 0.15) is 18.9 Å². The highest BCUT2D eigenvalue weighted by molar-refractivity contribution is 6.16. The van der Waals surface area contributed by atoms with Crippen LogP contribution in [0.25, 0.3) is 6.08 Å². The van der Waals surface area contributed by atoms with Crippen molar-refractivity contribution >= 4 is 40.9 Å². The lowest BCUT2D eigenvalue weighted by Crippen LogP contribution is -2.52. The largest absolute Gasteiger partial charge is 0.497 e. The molecular weight excluding hydrogens is 458 g/mol. The van der Waals surface area contributed by atoms with Crippen LogP contribution in [0, 0.1) is 0 Å². The molecule has 3 aromatic carbocycles. The van der Waals surface area contributed by atoms with Crippen LogP contribution in [0.4, 0.5) is 17.1 Å². The fourth-order valence-corrected chi connectivity index (χ4v) is 3.94. The third kappa shape index (κ3) is 5.55. The van der Waals surface area contributed by atoms with Crippen molar-refractivity contribution in [3.63, 3.8) is 0 Å². The van der Waals surface area contributed by atoms with Crippen LogP contribution < -0.4 is 25.0 Å². The van der Waals surface area contributed by atoms with E-state index in [-0.39, 0.29) is 6.42 Å². The number of methoxy groups -OCH3 is 1. The zero-order valence-corrected chi connectivity index (χ0v) is 20.1. The third-order valence-corrected chi connectivity index (χ3v) is 5.65. The third-order valence-electron chi connectivity index (χ3n) is 5.65. The van der Waals surface area contributed by atoms with E-state index in [9.17, 15) is 14.4 Å². The predicted molar refractivity (Wildman–Crippen MR) is 139 cm³/mol. The summed E-state index contributed by atoms with van der Waals surface area (Å²) in [5.74, 6) is -0.0355. The molecule has 184 valence electrons. The number of nitrogens with zero attached hydrogens (tertiary/aromatic N) is 1. The zero-order chi connectivity index (χ0) is 25.5. The minimum Gasteiger partial charge on any atom is -0.497 e. The fraction of sp³-hybridized carbons (Fsp3) is 0.179. The van der Waals surface area contributed by atoms with Crippen LogP contribution in [0.15, 0.2) is 78.9 Å². The van der Waals surface area contributed by atoms with Crippen LogP contribution in [-0.2, 0) is 14.4 Å². The summed E-state index contributed by atoms with van der Waals surface area (Å²) in [4.78, 5) is 40.8. The second-order valence-corrected chi connectivity index (χ2v) is 8.02. The summed E-state index contributed by atoms with van der Waals surface area (Å²) in [6.07, 6.45) is 2.82. The first-order valence-electron chi connectivity index (χ1n) is 11.6. The molecule has 4 rings (SSSR count). The summed E-state index contributed by atoms with van der Waals surface area (Å²) in [6, 6.07) is 20.3. The van der Waals surface area contributed by atoms with Gasteiger partial charge >= 0.3 is 0 Å². The number of rotatable bonds is 8. The number of carbonyl (C=O) groups is 3. The van der Waals surface area contributed by atoms with Gasteiger partial charge in [-0.05, 0) is 55.0 Å². The highest BCUT2D eigenvalue weighted by atomic mass is 16.5. The summed E-state index contributed by atoms with van der Waals surface area (Å²) in [6.45, 7) is 2.29. The molecule has 1 heterocycles. The van der Waals surface area contributed by atoms with E-state index in [1.807, 2.05) is 25.1 Å². The van der Waals surface area contributed by atoms with Gasteiger partial charge in [0.2, 0.25) is 11.8 Å². The molecule has 1 unspecified atom stereocenters. The van der Waals surface area contributed by atoms with E-state index in [0.717, 1.165) is 5.56 Å². The molecule has 0 saturated carbocycles. The van der Waals surface area contributed by atoms with Crippen molar-refractivity contribution in [2.75, 3.05) is 29.3 Å². The molecule has 0 fully saturated rings. The van der Waals surface area contributed by atoms with Gasteiger partial charge in [-0.3, -0.25) is 19.3 Å². The lowest BCUT2D eigenvalue weighted by molar-refractivity contribution is -0.124. The molecule has 1 aliphatic heterocycles. The highest BCUT2D eigenvalue weighted by Crippen LogP contribution is 2.33. The maximum atomic E-state index is 13.4. The van der Waals surface area contributed by atoms with E-state index in [0.29, 0.717) is 35.2 Å². The van der Waals surface area contributed by atoms with Gasteiger partial charge in [-0.2, -0.15) is 0 Å². The lowest BCUT2D eigenvalue weighted by atomic mass is 10.0. The number of para-hydroxylation sites is 4. The smallest absolute Gasteiger partial charge is 0.251 e. The topological polar surface area (TPSA) is 97.0 Å². The molecule has 3 amide bonds. The maximum Gasteiger partial charge on any atom is 0.251 e. The van der Waals surface area contributed by atoms with Crippen LogP contribution in [-0.4, -0.2) is 37.5 Å². The van der Waals surface area contributed by atoms with Crippen LogP contribution >= 0.6 is 0 Å². The SMILES string of the molecule is CCOc1ccccc1NC(=O)CC1C(=O)Nc2ccccc2N1C(=O)C=Cc1ccc(OC)cc1. The summed E-state index contributed by atoms with van der Waals surface area (Å²) in [5, 5.41) is 5.61. The number of benzene rings is 3. The number of fused-ring (bicyclic) bond motifs is 1. The Labute approximate surface area is 209 Å². The van der Waals surface area contributed by atoms with E-state index < -0.39 is 23.8 Å². The second-order valence-electron chi connectivity index (χ2n) is 8.02. The minimum absolute atomic E-state index is 0.233. The zero-order valence-electron chi connectivity index (χ0n) is 20.1. The van der Waals surface area contributed by atoms with E-state index >= 15 is 0 Å². The van der Waals surface area contributed by atoms with Gasteiger partial charge in [0.1, 0.15) is 17.5 Å². The van der Waals surface area contributed by atoms with Gasteiger partial charge in [0.05, 0.1) is 37.2 Å². The van der Waals surface area contributed by atoms with E-state index in [2.05, 4.69) is 10.6 Å². The average Bonchev–Trinajstić information content (AvgIpc) is 2.89. The summed E-state index contributed by atoms with van der Waals surface area (Å²) in [5.41, 5.74) is 2.32. The van der Waals surface area contributed by atoms with Crippen molar-refractivity contribution in [1.29, 1.82) is 0 Å². The molecule has 1 aliphatic rings. The van der Waals surface area contributed by atoms with Crippen molar-refractivity contribution in [3.05, 3.63) is 84.4 Å². The number of hydrogen-bond donors (Lipinski definition) is 2. The number of nitrogens with one attached hydrogen (secondary N) is 2. The summed E-state index contributed by atoms with van der Waals surface area (Å²) in [7, 11) is 1.58. The Morgan fingerprint density at radius 1 is 1.03 bits per heavy atom. The monoisotopic (exact) mass is 485 g/mol. The van der Waals surface area contributed by atoms with Crippen molar-refractivity contribution in [2.24, 2.45) is 0 Å². The molecule has 0 saturated heterocycles. The Kier molecular flexibility index (Phi) is 7.65. The minimum atomic E-state index is -1.04. The Bertz CT molecular complexity index is 1290. The van der Waals surface area contributed by atoms with Crippen LogP contribution in [0.2, 0.25) is 0 Å². The highest BCUT2D eigenvalue weighted by Gasteiger charge is 2.37. The molecular formula is C28H27N3O5. The Hall–Kier alpha value is -4.59. The quantitative estimate of drug-likeness (QED) is 0.458. The first kappa shape index (κ1) is 24.5. The number of hydrogen-bond acceptors (Lipinski definition) is 5. The van der Waals surface area contributed by atoms with Gasteiger partial charge in [0.25, 0.3) is 5.91 Å². The van der Waals surface area contributed by atoms with Gasteiger partial charge in [-0.25, -0.2) is 0 Å². The normalized spacial score (nSPS) is 14.7. The molecule has 0 spiro atoms. The Balaban J connectivity index is 1.58. The van der Waals surface area contributed by atoms with Gasteiger partial charge in [-0.15, -0.1) is 0 Å².